The van der Waals surface area contributed by atoms with Gasteiger partial charge in [0.05, 0.1) is 30.7 Å². The maximum atomic E-state index is 14.7. The number of nitrogens with one attached hydrogen (secondary N) is 1. The first-order valence-corrected chi connectivity index (χ1v) is 19.6. The number of benzene rings is 1. The second-order valence-corrected chi connectivity index (χ2v) is 17.3. The van der Waals surface area contributed by atoms with Gasteiger partial charge in [-0.15, -0.1) is 11.3 Å². The van der Waals surface area contributed by atoms with Gasteiger partial charge in [0.1, 0.15) is 5.03 Å². The Balaban J connectivity index is 1.24. The van der Waals surface area contributed by atoms with Crippen molar-refractivity contribution >= 4 is 61.6 Å². The van der Waals surface area contributed by atoms with Crippen molar-refractivity contribution in [1.29, 1.82) is 0 Å². The number of likely N-dealkylation sites (N-methyl/N-ethyl adjacent to an activating group) is 1. The lowest BCUT2D eigenvalue weighted by Gasteiger charge is -2.46. The number of fused-ring (bicyclic) bond motifs is 2. The molecule has 17 heteroatoms. The average molecular weight is 748 g/mol. The number of halogens is 1. The minimum Gasteiger partial charge on any atom is -0.391 e. The lowest BCUT2D eigenvalue weighted by Crippen LogP contribution is -2.62. The lowest BCUT2D eigenvalue weighted by molar-refractivity contribution is -0.128. The highest BCUT2D eigenvalue weighted by Crippen LogP contribution is 2.36. The predicted molar refractivity (Wildman–Crippen MR) is 186 cm³/mol. The number of thiazole rings is 1. The fourth-order valence-corrected chi connectivity index (χ4v) is 10.5. The molecule has 0 saturated carbocycles. The van der Waals surface area contributed by atoms with Crippen molar-refractivity contribution in [3.8, 4) is 0 Å². The summed E-state index contributed by atoms with van der Waals surface area (Å²) in [7, 11) is -2.07. The van der Waals surface area contributed by atoms with E-state index in [0.29, 0.717) is 27.4 Å². The number of aromatic nitrogens is 2. The number of carbonyl (C=O) groups is 3. The molecule has 0 radical (unpaired) electrons. The van der Waals surface area contributed by atoms with E-state index in [1.807, 2.05) is 7.05 Å². The normalized spacial score (nSPS) is 26.8. The SMILES string of the molecule is CC1c2sc(C(=O)N3C(CCN4CC(O)CC4=O)CN(S(=O)(=O)c4cc5cc(Cl)ccc5[nH]4)CC3CCN3CC(O)CC3=O)nc2CCN1C. The first-order chi connectivity index (χ1) is 23.8. The zero-order valence-electron chi connectivity index (χ0n) is 28.0. The smallest absolute Gasteiger partial charge is 0.283 e. The first kappa shape index (κ1) is 35.3. The summed E-state index contributed by atoms with van der Waals surface area (Å²) in [4.78, 5) is 55.9. The van der Waals surface area contributed by atoms with Crippen LogP contribution in [0.1, 0.15) is 59.0 Å². The molecule has 3 fully saturated rings. The van der Waals surface area contributed by atoms with Crippen LogP contribution in [0.4, 0.5) is 0 Å². The van der Waals surface area contributed by atoms with Crippen LogP contribution in [0.3, 0.4) is 0 Å². The molecule has 0 bridgehead atoms. The molecular weight excluding hydrogens is 706 g/mol. The summed E-state index contributed by atoms with van der Waals surface area (Å²) in [6.07, 6.45) is -0.264. The monoisotopic (exact) mass is 747 g/mol. The predicted octanol–water partition coefficient (Wildman–Crippen LogP) is 1.68. The maximum Gasteiger partial charge on any atom is 0.283 e. The van der Waals surface area contributed by atoms with Crippen molar-refractivity contribution in [1.82, 2.24) is 33.9 Å². The van der Waals surface area contributed by atoms with E-state index < -0.39 is 34.3 Å². The fraction of sp³-hybridized carbons (Fsp3) is 0.576. The Hall–Kier alpha value is -3.12. The number of aliphatic hydroxyl groups is 2. The zero-order valence-corrected chi connectivity index (χ0v) is 30.4. The van der Waals surface area contributed by atoms with Crippen LogP contribution in [0.15, 0.2) is 29.3 Å². The number of nitrogens with zero attached hydrogens (tertiary/aromatic N) is 6. The standard InChI is InChI=1S/C33H42ClN7O7S2/c1-19-31-27(7-8-37(19)2)36-32(49-31)33(46)41-22(5-9-38-17-24(42)13-29(38)44)15-40(16-23(41)6-10-39-18-25(43)14-30(39)45)50(47,48)28-12-20-11-21(34)3-4-26(20)35-28/h3-4,11-12,19,22-25,35,42-43H,5-10,13-18H2,1-2H3. The molecule has 6 heterocycles. The van der Waals surface area contributed by atoms with E-state index in [4.69, 9.17) is 16.6 Å². The van der Waals surface area contributed by atoms with Crippen LogP contribution < -0.4 is 0 Å². The summed E-state index contributed by atoms with van der Waals surface area (Å²) in [5.74, 6) is -0.700. The largest absolute Gasteiger partial charge is 0.391 e. The third kappa shape index (κ3) is 6.78. The quantitative estimate of drug-likeness (QED) is 0.295. The van der Waals surface area contributed by atoms with Crippen LogP contribution in [0.25, 0.3) is 10.9 Å². The van der Waals surface area contributed by atoms with Gasteiger partial charge in [0, 0.05) is 91.2 Å². The summed E-state index contributed by atoms with van der Waals surface area (Å²) >= 11 is 7.55. The topological polar surface area (TPSA) is 171 Å². The van der Waals surface area contributed by atoms with Gasteiger partial charge in [0.15, 0.2) is 5.01 Å². The Morgan fingerprint density at radius 2 is 1.62 bits per heavy atom. The molecule has 2 aromatic heterocycles. The van der Waals surface area contributed by atoms with Crippen molar-refractivity contribution in [2.24, 2.45) is 0 Å². The van der Waals surface area contributed by atoms with Crippen molar-refractivity contribution in [3.05, 3.63) is 44.9 Å². The molecule has 7 rings (SSSR count). The van der Waals surface area contributed by atoms with E-state index in [9.17, 15) is 33.0 Å². The van der Waals surface area contributed by atoms with Crippen LogP contribution in [0, 0.1) is 0 Å². The van der Waals surface area contributed by atoms with E-state index in [-0.39, 0.29) is 93.7 Å². The van der Waals surface area contributed by atoms with Crippen LogP contribution in [0.2, 0.25) is 5.02 Å². The zero-order chi connectivity index (χ0) is 35.5. The van der Waals surface area contributed by atoms with E-state index in [1.54, 1.807) is 39.0 Å². The number of hydrogen-bond donors (Lipinski definition) is 3. The Morgan fingerprint density at radius 1 is 1.00 bits per heavy atom. The van der Waals surface area contributed by atoms with Gasteiger partial charge >= 0.3 is 0 Å². The van der Waals surface area contributed by atoms with Gasteiger partial charge < -0.3 is 29.9 Å². The van der Waals surface area contributed by atoms with Gasteiger partial charge in [-0.2, -0.15) is 4.31 Å². The van der Waals surface area contributed by atoms with Crippen LogP contribution in [-0.2, 0) is 26.0 Å². The molecule has 3 amide bonds. The molecule has 4 aliphatic heterocycles. The summed E-state index contributed by atoms with van der Waals surface area (Å²) in [6, 6.07) is 5.42. The third-order valence-corrected chi connectivity index (χ3v) is 13.8. The Labute approximate surface area is 299 Å². The number of β-amino-alcohol motifs (C(OH)–C–C–N with tert-alkyl or cyclic N) is 2. The number of hydrogen-bond acceptors (Lipinski definition) is 10. The van der Waals surface area contributed by atoms with Gasteiger partial charge in [0.25, 0.3) is 15.9 Å². The number of carbonyl (C=O) groups excluding carboxylic acids is 3. The molecule has 3 aromatic rings. The fourth-order valence-electron chi connectivity index (χ4n) is 7.65. The molecule has 5 unspecified atom stereocenters. The molecular formula is C33H42ClN7O7S2. The number of aromatic amines is 1. The van der Waals surface area contributed by atoms with E-state index >= 15 is 0 Å². The second-order valence-electron chi connectivity index (χ2n) is 13.9. The Bertz CT molecular complexity index is 1870. The summed E-state index contributed by atoms with van der Waals surface area (Å²) in [6.45, 7) is 3.64. The molecule has 4 aliphatic rings. The molecule has 14 nitrogen and oxygen atoms in total. The van der Waals surface area contributed by atoms with Crippen molar-refractivity contribution < 1.29 is 33.0 Å². The second kappa shape index (κ2) is 13.8. The van der Waals surface area contributed by atoms with E-state index in [1.165, 1.54) is 15.6 Å². The highest BCUT2D eigenvalue weighted by Gasteiger charge is 2.45. The maximum absolute atomic E-state index is 14.7. The first-order valence-electron chi connectivity index (χ1n) is 17.0. The van der Waals surface area contributed by atoms with Gasteiger partial charge in [-0.1, -0.05) is 11.6 Å². The molecule has 50 heavy (non-hydrogen) atoms. The number of amides is 3. The van der Waals surface area contributed by atoms with Gasteiger partial charge in [0.2, 0.25) is 11.8 Å². The Kier molecular flexibility index (Phi) is 9.73. The summed E-state index contributed by atoms with van der Waals surface area (Å²) < 4.78 is 30.1. The highest BCUT2D eigenvalue weighted by atomic mass is 35.5. The number of piperazine rings is 1. The van der Waals surface area contributed by atoms with Gasteiger partial charge in [-0.05, 0) is 51.1 Å². The molecule has 0 aliphatic carbocycles. The number of aliphatic hydroxyl groups excluding tert-OH is 2. The molecule has 3 saturated heterocycles. The molecule has 1 aromatic carbocycles. The van der Waals surface area contributed by atoms with Crippen molar-refractivity contribution in [2.75, 3.05) is 52.9 Å². The number of likely N-dealkylation sites (tertiary alicyclic amines) is 2. The lowest BCUT2D eigenvalue weighted by atomic mass is 10.0. The highest BCUT2D eigenvalue weighted by molar-refractivity contribution is 7.89. The van der Waals surface area contributed by atoms with Crippen molar-refractivity contribution in [3.63, 3.8) is 0 Å². The molecule has 270 valence electrons. The van der Waals surface area contributed by atoms with Gasteiger partial charge in [-0.3, -0.25) is 19.3 Å². The number of H-pyrrole nitrogens is 1. The number of rotatable bonds is 9. The van der Waals surface area contributed by atoms with E-state index in [2.05, 4.69) is 16.8 Å². The van der Waals surface area contributed by atoms with Crippen molar-refractivity contribution in [2.45, 2.75) is 74.4 Å². The molecule has 0 spiro atoms. The Morgan fingerprint density at radius 3 is 2.20 bits per heavy atom. The minimum atomic E-state index is -4.11. The minimum absolute atomic E-state index is 0.00608. The van der Waals surface area contributed by atoms with E-state index in [0.717, 1.165) is 17.1 Å². The van der Waals surface area contributed by atoms with Crippen LogP contribution >= 0.6 is 22.9 Å². The molecule has 3 N–H and O–H groups in total. The summed E-state index contributed by atoms with van der Waals surface area (Å²) in [5.41, 5.74) is 1.50. The average Bonchev–Trinajstić information content (AvgIpc) is 3.85. The summed E-state index contributed by atoms with van der Waals surface area (Å²) in [5, 5.41) is 21.7. The number of sulfonamides is 1. The van der Waals surface area contributed by atoms with Crippen LogP contribution in [-0.4, -0.2) is 147 Å². The third-order valence-electron chi connectivity index (χ3n) is 10.5. The van der Waals surface area contributed by atoms with Crippen LogP contribution in [0.5, 0.6) is 0 Å². The molecule has 5 atom stereocenters. The van der Waals surface area contributed by atoms with Gasteiger partial charge in [-0.25, -0.2) is 13.4 Å².